The first-order valence-electron chi connectivity index (χ1n) is 8.07. The highest BCUT2D eigenvalue weighted by Crippen LogP contribution is 2.11. The summed E-state index contributed by atoms with van der Waals surface area (Å²) in [4.78, 5) is 34.4. The number of hydrogen-bond acceptors (Lipinski definition) is 4. The second-order valence-corrected chi connectivity index (χ2v) is 5.44. The average Bonchev–Trinajstić information content (AvgIpc) is 2.55. The van der Waals surface area contributed by atoms with Crippen LogP contribution in [0.3, 0.4) is 0 Å². The van der Waals surface area contributed by atoms with Gasteiger partial charge in [-0.25, -0.2) is 9.59 Å². The SMILES string of the molecule is CCCCC(=O)CCCCCOC(=O)c1ccccc1C(=O)O. The molecule has 0 aliphatic heterocycles. The zero-order chi connectivity index (χ0) is 17.1. The number of unbranched alkanes of at least 4 members (excludes halogenated alkanes) is 3. The number of Topliss-reactive ketones (excluding diaryl/α,β-unsaturated/α-hetero) is 1. The summed E-state index contributed by atoms with van der Waals surface area (Å²) in [5.74, 6) is -1.48. The number of ketones is 1. The molecule has 0 atom stereocenters. The monoisotopic (exact) mass is 320 g/mol. The van der Waals surface area contributed by atoms with Crippen LogP contribution in [0.5, 0.6) is 0 Å². The number of rotatable bonds is 11. The van der Waals surface area contributed by atoms with Crippen molar-refractivity contribution in [1.29, 1.82) is 0 Å². The summed E-state index contributed by atoms with van der Waals surface area (Å²) in [5.41, 5.74) is 0.00812. The van der Waals surface area contributed by atoms with Gasteiger partial charge >= 0.3 is 11.9 Å². The van der Waals surface area contributed by atoms with Crippen molar-refractivity contribution in [2.75, 3.05) is 6.61 Å². The zero-order valence-corrected chi connectivity index (χ0v) is 13.5. The van der Waals surface area contributed by atoms with Crippen molar-refractivity contribution in [1.82, 2.24) is 0 Å². The lowest BCUT2D eigenvalue weighted by Gasteiger charge is -2.07. The summed E-state index contributed by atoms with van der Waals surface area (Å²) >= 11 is 0. The molecule has 0 spiro atoms. The van der Waals surface area contributed by atoms with Crippen LogP contribution < -0.4 is 0 Å². The number of carboxylic acids is 1. The Balaban J connectivity index is 2.25. The Morgan fingerprint density at radius 3 is 2.26 bits per heavy atom. The normalized spacial score (nSPS) is 10.3. The minimum Gasteiger partial charge on any atom is -0.478 e. The first-order valence-corrected chi connectivity index (χ1v) is 8.07. The quantitative estimate of drug-likeness (QED) is 0.494. The molecule has 0 saturated carbocycles. The summed E-state index contributed by atoms with van der Waals surface area (Å²) in [6.07, 6.45) is 5.48. The van der Waals surface area contributed by atoms with Crippen LogP contribution in [-0.4, -0.2) is 29.4 Å². The first-order chi connectivity index (χ1) is 11.1. The van der Waals surface area contributed by atoms with Crippen LogP contribution in [0, 0.1) is 0 Å². The summed E-state index contributed by atoms with van der Waals surface area (Å²) in [6.45, 7) is 2.29. The van der Waals surface area contributed by atoms with Crippen molar-refractivity contribution in [3.05, 3.63) is 35.4 Å². The maximum Gasteiger partial charge on any atom is 0.339 e. The summed E-state index contributed by atoms with van der Waals surface area (Å²) in [7, 11) is 0. The van der Waals surface area contributed by atoms with Gasteiger partial charge in [0, 0.05) is 12.8 Å². The van der Waals surface area contributed by atoms with Crippen LogP contribution in [0.1, 0.15) is 72.6 Å². The highest BCUT2D eigenvalue weighted by molar-refractivity contribution is 6.02. The van der Waals surface area contributed by atoms with Crippen LogP contribution in [0.25, 0.3) is 0 Å². The van der Waals surface area contributed by atoms with Gasteiger partial charge in [0.2, 0.25) is 0 Å². The molecule has 0 aliphatic carbocycles. The molecule has 0 amide bonds. The van der Waals surface area contributed by atoms with Gasteiger partial charge in [-0.1, -0.05) is 25.5 Å². The van der Waals surface area contributed by atoms with Crippen molar-refractivity contribution in [2.24, 2.45) is 0 Å². The van der Waals surface area contributed by atoms with Crippen molar-refractivity contribution in [3.8, 4) is 0 Å². The first kappa shape index (κ1) is 18.9. The zero-order valence-electron chi connectivity index (χ0n) is 13.5. The fraction of sp³-hybridized carbons (Fsp3) is 0.500. The van der Waals surface area contributed by atoms with Gasteiger partial charge in [0.1, 0.15) is 5.78 Å². The van der Waals surface area contributed by atoms with E-state index in [1.165, 1.54) is 12.1 Å². The molecule has 1 aromatic rings. The van der Waals surface area contributed by atoms with E-state index in [0.29, 0.717) is 25.0 Å². The summed E-state index contributed by atoms with van der Waals surface area (Å²) in [5, 5.41) is 9.03. The van der Waals surface area contributed by atoms with Gasteiger partial charge in [-0.15, -0.1) is 0 Å². The Hall–Kier alpha value is -2.17. The molecule has 1 N–H and O–H groups in total. The van der Waals surface area contributed by atoms with Crippen LogP contribution in [0.15, 0.2) is 24.3 Å². The Morgan fingerprint density at radius 1 is 0.957 bits per heavy atom. The Kier molecular flexibility index (Phi) is 8.65. The van der Waals surface area contributed by atoms with Crippen molar-refractivity contribution in [2.45, 2.75) is 51.9 Å². The molecule has 5 nitrogen and oxygen atoms in total. The molecule has 0 unspecified atom stereocenters. The Bertz CT molecular complexity index is 536. The third kappa shape index (κ3) is 7.08. The lowest BCUT2D eigenvalue weighted by molar-refractivity contribution is -0.119. The lowest BCUT2D eigenvalue weighted by Crippen LogP contribution is -2.12. The molecule has 0 fully saturated rings. The highest BCUT2D eigenvalue weighted by Gasteiger charge is 2.16. The maximum atomic E-state index is 11.9. The van der Waals surface area contributed by atoms with Crippen molar-refractivity contribution >= 4 is 17.7 Å². The number of carboxylic acid groups (broad SMARTS) is 1. The van der Waals surface area contributed by atoms with E-state index in [9.17, 15) is 14.4 Å². The number of carbonyl (C=O) groups excluding carboxylic acids is 2. The molecular formula is C18H24O5. The molecule has 1 rings (SSSR count). The predicted octanol–water partition coefficient (Wildman–Crippen LogP) is 3.86. The lowest BCUT2D eigenvalue weighted by atomic mass is 10.1. The third-order valence-electron chi connectivity index (χ3n) is 3.52. The van der Waals surface area contributed by atoms with Crippen LogP contribution >= 0.6 is 0 Å². The predicted molar refractivity (Wildman–Crippen MR) is 86.7 cm³/mol. The molecule has 0 saturated heterocycles. The fourth-order valence-electron chi connectivity index (χ4n) is 2.19. The maximum absolute atomic E-state index is 11.9. The van der Waals surface area contributed by atoms with E-state index < -0.39 is 11.9 Å². The van der Waals surface area contributed by atoms with Gasteiger partial charge in [-0.2, -0.15) is 0 Å². The smallest absolute Gasteiger partial charge is 0.339 e. The molecule has 23 heavy (non-hydrogen) atoms. The van der Waals surface area contributed by atoms with Gasteiger partial charge in [0.05, 0.1) is 17.7 Å². The van der Waals surface area contributed by atoms with Gasteiger partial charge in [-0.05, 0) is 37.8 Å². The van der Waals surface area contributed by atoms with E-state index in [-0.39, 0.29) is 17.7 Å². The molecule has 0 radical (unpaired) electrons. The molecular weight excluding hydrogens is 296 g/mol. The molecule has 0 bridgehead atoms. The average molecular weight is 320 g/mol. The number of hydrogen-bond donors (Lipinski definition) is 1. The van der Waals surface area contributed by atoms with Gasteiger partial charge in [0.15, 0.2) is 0 Å². The van der Waals surface area contributed by atoms with Crippen LogP contribution in [0.2, 0.25) is 0 Å². The van der Waals surface area contributed by atoms with E-state index >= 15 is 0 Å². The number of benzene rings is 1. The number of esters is 1. The van der Waals surface area contributed by atoms with E-state index in [4.69, 9.17) is 9.84 Å². The van der Waals surface area contributed by atoms with E-state index in [1.807, 2.05) is 0 Å². The Labute approximate surface area is 136 Å². The summed E-state index contributed by atoms with van der Waals surface area (Å²) < 4.78 is 5.10. The van der Waals surface area contributed by atoms with Crippen molar-refractivity contribution < 1.29 is 24.2 Å². The minimum atomic E-state index is -1.15. The largest absolute Gasteiger partial charge is 0.478 e. The van der Waals surface area contributed by atoms with E-state index in [2.05, 4.69) is 6.92 Å². The third-order valence-corrected chi connectivity index (χ3v) is 3.52. The molecule has 0 aliphatic rings. The Morgan fingerprint density at radius 2 is 1.61 bits per heavy atom. The molecule has 1 aromatic carbocycles. The topological polar surface area (TPSA) is 80.7 Å². The minimum absolute atomic E-state index is 0.0565. The van der Waals surface area contributed by atoms with E-state index in [0.717, 1.165) is 25.7 Å². The van der Waals surface area contributed by atoms with Crippen molar-refractivity contribution in [3.63, 3.8) is 0 Å². The molecule has 0 aromatic heterocycles. The second kappa shape index (κ2) is 10.5. The number of aromatic carboxylic acids is 1. The van der Waals surface area contributed by atoms with Crippen LogP contribution in [-0.2, 0) is 9.53 Å². The standard InChI is InChI=1S/C18H24O5/c1-2-3-9-14(19)10-5-4-8-13-23-18(22)16-12-7-6-11-15(16)17(20)21/h6-7,11-12H,2-5,8-10,13H2,1H3,(H,20,21). The van der Waals surface area contributed by atoms with Gasteiger partial charge in [0.25, 0.3) is 0 Å². The van der Waals surface area contributed by atoms with Crippen LogP contribution in [0.4, 0.5) is 0 Å². The van der Waals surface area contributed by atoms with E-state index in [1.54, 1.807) is 12.1 Å². The second-order valence-electron chi connectivity index (χ2n) is 5.44. The fourth-order valence-corrected chi connectivity index (χ4v) is 2.19. The number of ether oxygens (including phenoxy) is 1. The summed E-state index contributed by atoms with van der Waals surface area (Å²) in [6, 6.07) is 5.99. The molecule has 126 valence electrons. The molecule has 0 heterocycles. The van der Waals surface area contributed by atoms with Gasteiger partial charge in [-0.3, -0.25) is 4.79 Å². The van der Waals surface area contributed by atoms with Gasteiger partial charge < -0.3 is 9.84 Å². The highest BCUT2D eigenvalue weighted by atomic mass is 16.5. The molecule has 5 heteroatoms. The number of carbonyl (C=O) groups is 3.